The summed E-state index contributed by atoms with van der Waals surface area (Å²) >= 11 is 0. The monoisotopic (exact) mass is 308 g/mol. The van der Waals surface area contributed by atoms with E-state index in [2.05, 4.69) is 10.6 Å². The summed E-state index contributed by atoms with van der Waals surface area (Å²) < 4.78 is 37.6. The Morgan fingerprint density at radius 3 is 2.65 bits per heavy atom. The summed E-state index contributed by atoms with van der Waals surface area (Å²) in [6, 6.07) is 4.35. The molecule has 0 saturated carbocycles. The van der Waals surface area contributed by atoms with Gasteiger partial charge in [-0.3, -0.25) is 4.79 Å². The Balaban J connectivity index is 0.00000200. The molecule has 1 aromatic rings. The van der Waals surface area contributed by atoms with Crippen molar-refractivity contribution >= 4 is 24.0 Å². The second kappa shape index (κ2) is 6.95. The summed E-state index contributed by atoms with van der Waals surface area (Å²) in [7, 11) is 0. The van der Waals surface area contributed by atoms with Gasteiger partial charge in [-0.2, -0.15) is 13.2 Å². The van der Waals surface area contributed by atoms with Crippen molar-refractivity contribution in [2.45, 2.75) is 31.5 Å². The van der Waals surface area contributed by atoms with Crippen molar-refractivity contribution in [2.24, 2.45) is 0 Å². The van der Waals surface area contributed by atoms with Crippen molar-refractivity contribution in [1.82, 2.24) is 5.32 Å². The third-order valence-corrected chi connectivity index (χ3v) is 3.08. The number of alkyl halides is 3. The van der Waals surface area contributed by atoms with Crippen LogP contribution in [0.5, 0.6) is 0 Å². The Hall–Kier alpha value is -1.27. The van der Waals surface area contributed by atoms with Crippen LogP contribution in [0.1, 0.15) is 24.8 Å². The van der Waals surface area contributed by atoms with Gasteiger partial charge in [-0.05, 0) is 37.6 Å². The average molecular weight is 309 g/mol. The molecule has 1 fully saturated rings. The Labute approximate surface area is 121 Å². The van der Waals surface area contributed by atoms with Crippen molar-refractivity contribution in [2.75, 3.05) is 11.9 Å². The Morgan fingerprint density at radius 2 is 2.05 bits per heavy atom. The van der Waals surface area contributed by atoms with E-state index in [4.69, 9.17) is 0 Å². The van der Waals surface area contributed by atoms with Crippen LogP contribution >= 0.6 is 12.4 Å². The first kappa shape index (κ1) is 16.8. The van der Waals surface area contributed by atoms with E-state index < -0.39 is 11.7 Å². The highest BCUT2D eigenvalue weighted by atomic mass is 35.5. The first-order valence-electron chi connectivity index (χ1n) is 6.18. The molecule has 1 aliphatic rings. The van der Waals surface area contributed by atoms with Crippen LogP contribution in [0.15, 0.2) is 24.3 Å². The van der Waals surface area contributed by atoms with Crippen LogP contribution in [-0.2, 0) is 11.0 Å². The van der Waals surface area contributed by atoms with Gasteiger partial charge < -0.3 is 10.6 Å². The van der Waals surface area contributed by atoms with Crippen LogP contribution in [0.25, 0.3) is 0 Å². The smallest absolute Gasteiger partial charge is 0.325 e. The van der Waals surface area contributed by atoms with E-state index >= 15 is 0 Å². The van der Waals surface area contributed by atoms with Gasteiger partial charge in [0, 0.05) is 5.69 Å². The number of amides is 1. The Bertz CT molecular complexity index is 459. The van der Waals surface area contributed by atoms with Crippen LogP contribution in [0.3, 0.4) is 0 Å². The lowest BCUT2D eigenvalue weighted by Gasteiger charge is -2.22. The predicted molar refractivity (Wildman–Crippen MR) is 73.0 cm³/mol. The fourth-order valence-electron chi connectivity index (χ4n) is 2.08. The molecule has 1 saturated heterocycles. The van der Waals surface area contributed by atoms with Gasteiger partial charge in [-0.1, -0.05) is 12.5 Å². The third kappa shape index (κ3) is 4.38. The highest BCUT2D eigenvalue weighted by Crippen LogP contribution is 2.30. The molecule has 2 N–H and O–H groups in total. The normalized spacial score (nSPS) is 19.1. The van der Waals surface area contributed by atoms with E-state index in [1.165, 1.54) is 12.1 Å². The summed E-state index contributed by atoms with van der Waals surface area (Å²) in [5.41, 5.74) is -0.589. The van der Waals surface area contributed by atoms with Crippen LogP contribution in [-0.4, -0.2) is 18.5 Å². The van der Waals surface area contributed by atoms with E-state index in [1.54, 1.807) is 0 Å². The molecule has 1 aliphatic heterocycles. The average Bonchev–Trinajstić information content (AvgIpc) is 2.39. The number of hydrogen-bond donors (Lipinski definition) is 2. The topological polar surface area (TPSA) is 41.1 Å². The minimum Gasteiger partial charge on any atom is -0.325 e. The molecule has 1 aromatic carbocycles. The molecule has 0 spiro atoms. The summed E-state index contributed by atoms with van der Waals surface area (Å²) in [6.07, 6.45) is -1.71. The maximum Gasteiger partial charge on any atom is 0.416 e. The van der Waals surface area contributed by atoms with Crippen molar-refractivity contribution in [1.29, 1.82) is 0 Å². The van der Waals surface area contributed by atoms with Gasteiger partial charge in [0.15, 0.2) is 0 Å². The molecule has 1 atom stereocenters. The summed E-state index contributed by atoms with van der Waals surface area (Å²) in [5, 5.41) is 5.57. The molecule has 1 amide bonds. The molecule has 0 radical (unpaired) electrons. The van der Waals surface area contributed by atoms with Gasteiger partial charge >= 0.3 is 6.18 Å². The van der Waals surface area contributed by atoms with Crippen LogP contribution in [0.2, 0.25) is 0 Å². The number of carbonyl (C=O) groups excluding carboxylic acids is 1. The van der Waals surface area contributed by atoms with Gasteiger partial charge in [0.1, 0.15) is 0 Å². The Morgan fingerprint density at radius 1 is 1.30 bits per heavy atom. The lowest BCUT2D eigenvalue weighted by molar-refractivity contribution is -0.137. The molecule has 0 aliphatic carbocycles. The van der Waals surface area contributed by atoms with Crippen molar-refractivity contribution in [3.63, 3.8) is 0 Å². The molecule has 1 heterocycles. The number of carbonyl (C=O) groups is 1. The second-order valence-corrected chi connectivity index (χ2v) is 4.57. The van der Waals surface area contributed by atoms with Gasteiger partial charge in [0.05, 0.1) is 11.6 Å². The first-order chi connectivity index (χ1) is 8.97. The number of piperidine rings is 1. The van der Waals surface area contributed by atoms with Crippen molar-refractivity contribution in [3.8, 4) is 0 Å². The van der Waals surface area contributed by atoms with Crippen LogP contribution < -0.4 is 10.6 Å². The van der Waals surface area contributed by atoms with Crippen LogP contribution in [0.4, 0.5) is 18.9 Å². The zero-order valence-corrected chi connectivity index (χ0v) is 11.5. The number of halogens is 4. The summed E-state index contributed by atoms with van der Waals surface area (Å²) in [6.45, 7) is 0.765. The molecule has 3 nitrogen and oxygen atoms in total. The van der Waals surface area contributed by atoms with Gasteiger partial charge in [-0.15, -0.1) is 12.4 Å². The van der Waals surface area contributed by atoms with Crippen LogP contribution in [0, 0.1) is 0 Å². The molecular formula is C13H16ClF3N2O. The lowest BCUT2D eigenvalue weighted by Crippen LogP contribution is -2.43. The van der Waals surface area contributed by atoms with E-state index in [0.717, 1.165) is 31.5 Å². The number of rotatable bonds is 2. The minimum atomic E-state index is -4.40. The predicted octanol–water partition coefficient (Wildman–Crippen LogP) is 3.21. The molecule has 2 rings (SSSR count). The fraction of sp³-hybridized carbons (Fsp3) is 0.462. The highest BCUT2D eigenvalue weighted by molar-refractivity contribution is 5.94. The van der Waals surface area contributed by atoms with E-state index in [1.807, 2.05) is 0 Å². The molecule has 0 bridgehead atoms. The molecule has 112 valence electrons. The quantitative estimate of drug-likeness (QED) is 0.881. The summed E-state index contributed by atoms with van der Waals surface area (Å²) in [4.78, 5) is 11.9. The van der Waals surface area contributed by atoms with E-state index in [9.17, 15) is 18.0 Å². The molecular weight excluding hydrogens is 293 g/mol. The van der Waals surface area contributed by atoms with Crippen molar-refractivity contribution < 1.29 is 18.0 Å². The molecule has 7 heteroatoms. The van der Waals surface area contributed by atoms with Gasteiger partial charge in [-0.25, -0.2) is 0 Å². The number of nitrogens with one attached hydrogen (secondary N) is 2. The highest BCUT2D eigenvalue weighted by Gasteiger charge is 2.30. The summed E-state index contributed by atoms with van der Waals surface area (Å²) in [5.74, 6) is -0.279. The maximum absolute atomic E-state index is 12.5. The first-order valence-corrected chi connectivity index (χ1v) is 6.18. The lowest BCUT2D eigenvalue weighted by atomic mass is 10.0. The zero-order valence-electron chi connectivity index (χ0n) is 10.7. The van der Waals surface area contributed by atoms with Gasteiger partial charge in [0.25, 0.3) is 0 Å². The number of hydrogen-bond acceptors (Lipinski definition) is 2. The van der Waals surface area contributed by atoms with E-state index in [-0.39, 0.29) is 30.0 Å². The standard InChI is InChI=1S/C13H15F3N2O.ClH/c14-13(15,16)9-4-3-5-10(8-9)18-12(19)11-6-1-2-7-17-11;/h3-5,8,11,17H,1-2,6-7H2,(H,18,19);1H. The van der Waals surface area contributed by atoms with Crippen molar-refractivity contribution in [3.05, 3.63) is 29.8 Å². The third-order valence-electron chi connectivity index (χ3n) is 3.08. The molecule has 20 heavy (non-hydrogen) atoms. The maximum atomic E-state index is 12.5. The minimum absolute atomic E-state index is 0. The largest absolute Gasteiger partial charge is 0.416 e. The Kier molecular flexibility index (Phi) is 5.83. The molecule has 0 aromatic heterocycles. The number of anilines is 1. The fourth-order valence-corrected chi connectivity index (χ4v) is 2.08. The van der Waals surface area contributed by atoms with Gasteiger partial charge in [0.2, 0.25) is 5.91 Å². The zero-order chi connectivity index (χ0) is 13.9. The van der Waals surface area contributed by atoms with E-state index in [0.29, 0.717) is 6.42 Å². The molecule has 1 unspecified atom stereocenters. The number of benzene rings is 1. The second-order valence-electron chi connectivity index (χ2n) is 4.57. The SMILES string of the molecule is Cl.O=C(Nc1cccc(C(F)(F)F)c1)C1CCCCN1.